The van der Waals surface area contributed by atoms with Gasteiger partial charge >= 0.3 is 0 Å². The first-order chi connectivity index (χ1) is 13.0. The lowest BCUT2D eigenvalue weighted by Crippen LogP contribution is -2.59. The zero-order valence-electron chi connectivity index (χ0n) is 16.5. The number of hydrogen-bond acceptors (Lipinski definition) is 3. The van der Waals surface area contributed by atoms with Gasteiger partial charge < -0.3 is 5.32 Å². The monoisotopic (exact) mass is 414 g/mol. The first-order valence-corrected chi connectivity index (χ1v) is 11.3. The van der Waals surface area contributed by atoms with Crippen molar-refractivity contribution in [2.75, 3.05) is 0 Å². The fourth-order valence-corrected chi connectivity index (χ4v) is 6.29. The quantitative estimate of drug-likeness (QED) is 0.776. The number of halogens is 2. The van der Waals surface area contributed by atoms with Crippen molar-refractivity contribution >= 4 is 15.9 Å². The normalized spacial score (nSPS) is 28.0. The van der Waals surface area contributed by atoms with Gasteiger partial charge in [0, 0.05) is 6.04 Å². The van der Waals surface area contributed by atoms with E-state index in [1.165, 1.54) is 20.3 Å². The number of nitrogens with one attached hydrogen (secondary N) is 2. The summed E-state index contributed by atoms with van der Waals surface area (Å²) in [6.07, 6.45) is 5.58. The molecule has 4 atom stereocenters. The number of carbonyl (C=O) groups excluding carboxylic acids is 1. The van der Waals surface area contributed by atoms with Crippen LogP contribution in [0.2, 0.25) is 0 Å². The minimum absolute atomic E-state index is 0.0157. The van der Waals surface area contributed by atoms with E-state index in [1.54, 1.807) is 0 Å². The molecule has 0 saturated heterocycles. The second-order valence-corrected chi connectivity index (χ2v) is 10.4. The van der Waals surface area contributed by atoms with E-state index in [-0.39, 0.29) is 6.04 Å². The van der Waals surface area contributed by atoms with E-state index >= 15 is 0 Å². The molecule has 3 rings (SSSR count). The fraction of sp³-hybridized carbons (Fsp3) is 0.650. The first-order valence-electron chi connectivity index (χ1n) is 9.80. The summed E-state index contributed by atoms with van der Waals surface area (Å²) in [5, 5.41) is 3.01. The molecule has 28 heavy (non-hydrogen) atoms. The van der Waals surface area contributed by atoms with E-state index in [4.69, 9.17) is 0 Å². The average molecular weight is 415 g/mol. The summed E-state index contributed by atoms with van der Waals surface area (Å²) >= 11 is 0. The molecule has 1 aromatic carbocycles. The van der Waals surface area contributed by atoms with Crippen molar-refractivity contribution in [1.29, 1.82) is 0 Å². The third-order valence-corrected chi connectivity index (χ3v) is 7.80. The maximum Gasteiger partial charge on any atom is 0.247 e. The van der Waals surface area contributed by atoms with Gasteiger partial charge in [0.05, 0.1) is 0 Å². The smallest absolute Gasteiger partial charge is 0.247 e. The van der Waals surface area contributed by atoms with Gasteiger partial charge in [-0.1, -0.05) is 25.8 Å². The van der Waals surface area contributed by atoms with Crippen LogP contribution in [0.5, 0.6) is 0 Å². The van der Waals surface area contributed by atoms with Gasteiger partial charge in [-0.25, -0.2) is 17.2 Å². The Morgan fingerprint density at radius 2 is 1.79 bits per heavy atom. The Balaban J connectivity index is 1.76. The molecule has 1 aromatic rings. The van der Waals surface area contributed by atoms with Crippen LogP contribution in [0.4, 0.5) is 8.78 Å². The maximum atomic E-state index is 13.9. The number of sulfonamides is 1. The van der Waals surface area contributed by atoms with Crippen molar-refractivity contribution in [2.24, 2.45) is 17.8 Å². The Morgan fingerprint density at radius 1 is 1.14 bits per heavy atom. The fourth-order valence-electron chi connectivity index (χ4n) is 4.77. The SMILES string of the molecule is CC1CC2CCCC(C2)C1NC(=O)C(C)(C)NS(=O)(=O)c1c(F)cccc1F. The molecule has 0 heterocycles. The third-order valence-electron chi connectivity index (χ3n) is 6.09. The molecule has 2 bridgehead atoms. The Kier molecular flexibility index (Phi) is 5.83. The van der Waals surface area contributed by atoms with Crippen LogP contribution in [0.25, 0.3) is 0 Å². The number of benzene rings is 1. The van der Waals surface area contributed by atoms with Crippen molar-refractivity contribution in [3.8, 4) is 0 Å². The van der Waals surface area contributed by atoms with Crippen LogP contribution in [0.15, 0.2) is 23.1 Å². The summed E-state index contributed by atoms with van der Waals surface area (Å²) in [7, 11) is -4.56. The van der Waals surface area contributed by atoms with Crippen LogP contribution < -0.4 is 10.0 Å². The summed E-state index contributed by atoms with van der Waals surface area (Å²) < 4.78 is 55.1. The van der Waals surface area contributed by atoms with Crippen molar-refractivity contribution in [3.63, 3.8) is 0 Å². The lowest BCUT2D eigenvalue weighted by atomic mass is 9.65. The Hall–Kier alpha value is -1.54. The summed E-state index contributed by atoms with van der Waals surface area (Å²) in [6.45, 7) is 4.91. The molecule has 2 fully saturated rings. The van der Waals surface area contributed by atoms with Crippen LogP contribution in [0.1, 0.15) is 52.9 Å². The predicted molar refractivity (Wildman–Crippen MR) is 102 cm³/mol. The highest BCUT2D eigenvalue weighted by Crippen LogP contribution is 2.42. The summed E-state index contributed by atoms with van der Waals surface area (Å²) in [6, 6.07) is 2.81. The molecule has 8 heteroatoms. The molecule has 2 N–H and O–H groups in total. The van der Waals surface area contributed by atoms with E-state index in [1.807, 2.05) is 0 Å². The summed E-state index contributed by atoms with van der Waals surface area (Å²) in [5.74, 6) is -1.48. The van der Waals surface area contributed by atoms with E-state index < -0.39 is 38.0 Å². The Bertz CT molecular complexity index is 835. The molecule has 0 radical (unpaired) electrons. The minimum Gasteiger partial charge on any atom is -0.351 e. The highest BCUT2D eigenvalue weighted by Gasteiger charge is 2.42. The second-order valence-electron chi connectivity index (χ2n) is 8.79. The molecular formula is C20H28F2N2O3S. The molecule has 156 valence electrons. The van der Waals surface area contributed by atoms with Gasteiger partial charge in [-0.3, -0.25) is 4.79 Å². The number of fused-ring (bicyclic) bond motifs is 2. The largest absolute Gasteiger partial charge is 0.351 e. The van der Waals surface area contributed by atoms with E-state index in [0.717, 1.165) is 43.9 Å². The van der Waals surface area contributed by atoms with Gasteiger partial charge in [-0.05, 0) is 63.0 Å². The van der Waals surface area contributed by atoms with Crippen molar-refractivity contribution < 1.29 is 22.0 Å². The molecule has 2 saturated carbocycles. The first kappa shape index (κ1) is 21.2. The second kappa shape index (κ2) is 7.71. The third kappa shape index (κ3) is 4.22. The molecule has 1 amide bonds. The van der Waals surface area contributed by atoms with E-state index in [0.29, 0.717) is 17.8 Å². The molecule has 2 aliphatic carbocycles. The highest BCUT2D eigenvalue weighted by atomic mass is 32.2. The lowest BCUT2D eigenvalue weighted by Gasteiger charge is -2.45. The topological polar surface area (TPSA) is 75.3 Å². The Labute approximate surface area is 165 Å². The molecule has 0 spiro atoms. The van der Waals surface area contributed by atoms with Crippen molar-refractivity contribution in [2.45, 2.75) is 69.4 Å². The van der Waals surface area contributed by atoms with Gasteiger partial charge in [0.15, 0.2) is 4.90 Å². The van der Waals surface area contributed by atoms with Crippen LogP contribution in [-0.2, 0) is 14.8 Å². The zero-order chi connectivity index (χ0) is 20.7. The van der Waals surface area contributed by atoms with Crippen LogP contribution in [0, 0.1) is 29.4 Å². The zero-order valence-corrected chi connectivity index (χ0v) is 17.3. The van der Waals surface area contributed by atoms with Crippen LogP contribution >= 0.6 is 0 Å². The van der Waals surface area contributed by atoms with Gasteiger partial charge in [0.25, 0.3) is 0 Å². The van der Waals surface area contributed by atoms with E-state index in [2.05, 4.69) is 17.0 Å². The summed E-state index contributed by atoms with van der Waals surface area (Å²) in [4.78, 5) is 11.8. The maximum absolute atomic E-state index is 13.9. The van der Waals surface area contributed by atoms with E-state index in [9.17, 15) is 22.0 Å². The molecule has 2 aliphatic rings. The molecule has 4 unspecified atom stereocenters. The highest BCUT2D eigenvalue weighted by molar-refractivity contribution is 7.89. The van der Waals surface area contributed by atoms with Crippen LogP contribution in [-0.4, -0.2) is 25.9 Å². The molecular weight excluding hydrogens is 386 g/mol. The number of rotatable bonds is 5. The predicted octanol–water partition coefficient (Wildman–Crippen LogP) is 3.35. The average Bonchev–Trinajstić information content (AvgIpc) is 2.57. The van der Waals surface area contributed by atoms with Gasteiger partial charge in [0.1, 0.15) is 17.2 Å². The van der Waals surface area contributed by atoms with Crippen LogP contribution in [0.3, 0.4) is 0 Å². The number of carbonyl (C=O) groups is 1. The van der Waals surface area contributed by atoms with Gasteiger partial charge in [-0.2, -0.15) is 4.72 Å². The van der Waals surface area contributed by atoms with Gasteiger partial charge in [-0.15, -0.1) is 0 Å². The lowest BCUT2D eigenvalue weighted by molar-refractivity contribution is -0.128. The standard InChI is InChI=1S/C20H28F2N2O3S/c1-12-10-13-6-4-7-14(11-13)17(12)23-19(25)20(2,3)24-28(26,27)18-15(21)8-5-9-16(18)22/h5,8-9,12-14,17,24H,4,6-7,10-11H2,1-3H3,(H,23,25). The number of amides is 1. The van der Waals surface area contributed by atoms with Crippen molar-refractivity contribution in [1.82, 2.24) is 10.0 Å². The minimum atomic E-state index is -4.56. The van der Waals surface area contributed by atoms with Gasteiger partial charge in [0.2, 0.25) is 15.9 Å². The molecule has 0 aromatic heterocycles. The van der Waals surface area contributed by atoms with Crippen molar-refractivity contribution in [3.05, 3.63) is 29.8 Å². The molecule has 0 aliphatic heterocycles. The summed E-state index contributed by atoms with van der Waals surface area (Å²) in [5.41, 5.74) is -1.56. The Morgan fingerprint density at radius 3 is 2.43 bits per heavy atom. The molecule has 5 nitrogen and oxygen atoms in total. The number of hydrogen-bond donors (Lipinski definition) is 2.